The van der Waals surface area contributed by atoms with E-state index in [2.05, 4.69) is 21.3 Å². The first-order valence-electron chi connectivity index (χ1n) is 7.95. The number of pyridine rings is 1. The zero-order valence-electron chi connectivity index (χ0n) is 13.7. The molecule has 2 saturated heterocycles. The van der Waals surface area contributed by atoms with Crippen LogP contribution in [0.15, 0.2) is 24.4 Å². The molecule has 1 amide bonds. The van der Waals surface area contributed by atoms with E-state index in [9.17, 15) is 4.79 Å². The Labute approximate surface area is 162 Å². The molecule has 8 heteroatoms. The fourth-order valence-electron chi connectivity index (χ4n) is 3.15. The Morgan fingerprint density at radius 1 is 1.17 bits per heavy atom. The molecule has 0 radical (unpaired) electrons. The van der Waals surface area contributed by atoms with Crippen molar-refractivity contribution in [2.75, 3.05) is 32.7 Å². The summed E-state index contributed by atoms with van der Waals surface area (Å²) in [6, 6.07) is 6.43. The third-order valence-electron chi connectivity index (χ3n) is 4.42. The number of halogens is 3. The van der Waals surface area contributed by atoms with Crippen LogP contribution in [0.3, 0.4) is 0 Å². The summed E-state index contributed by atoms with van der Waals surface area (Å²) >= 11 is 0. The number of hydrogen-bond donors (Lipinski definition) is 1. The van der Waals surface area contributed by atoms with E-state index >= 15 is 0 Å². The van der Waals surface area contributed by atoms with E-state index in [4.69, 9.17) is 0 Å². The predicted molar refractivity (Wildman–Crippen MR) is 103 cm³/mol. The Morgan fingerprint density at radius 2 is 1.92 bits per heavy atom. The van der Waals surface area contributed by atoms with Crippen molar-refractivity contribution in [2.45, 2.75) is 31.8 Å². The number of rotatable bonds is 4. The van der Waals surface area contributed by atoms with Crippen molar-refractivity contribution in [3.8, 4) is 0 Å². The summed E-state index contributed by atoms with van der Waals surface area (Å²) < 4.78 is 0. The summed E-state index contributed by atoms with van der Waals surface area (Å²) in [5.41, 5.74) is 1.10. The first-order chi connectivity index (χ1) is 10.3. The molecule has 138 valence electrons. The van der Waals surface area contributed by atoms with Crippen molar-refractivity contribution >= 4 is 43.1 Å². The van der Waals surface area contributed by atoms with Gasteiger partial charge in [-0.25, -0.2) is 0 Å². The smallest absolute Gasteiger partial charge is 0.224 e. The monoisotopic (exact) mass is 396 g/mol. The highest BCUT2D eigenvalue weighted by Crippen LogP contribution is 2.12. The van der Waals surface area contributed by atoms with Crippen LogP contribution >= 0.6 is 37.2 Å². The van der Waals surface area contributed by atoms with E-state index in [1.54, 1.807) is 0 Å². The van der Waals surface area contributed by atoms with Crippen LogP contribution < -0.4 is 5.32 Å². The SMILES string of the molecule is Cl.Cl.Cl.O=C(CC1CCCN1)N1CCN(Cc2ccccn2)CC1. The minimum atomic E-state index is 0. The highest BCUT2D eigenvalue weighted by molar-refractivity contribution is 5.86. The number of piperazine rings is 1. The molecule has 2 fully saturated rings. The topological polar surface area (TPSA) is 48.5 Å². The van der Waals surface area contributed by atoms with Crippen molar-refractivity contribution < 1.29 is 4.79 Å². The second kappa shape index (κ2) is 11.9. The van der Waals surface area contributed by atoms with E-state index in [1.165, 1.54) is 6.42 Å². The molecule has 3 rings (SSSR count). The quantitative estimate of drug-likeness (QED) is 0.845. The third-order valence-corrected chi connectivity index (χ3v) is 4.42. The molecule has 0 aliphatic carbocycles. The van der Waals surface area contributed by atoms with Crippen molar-refractivity contribution in [3.05, 3.63) is 30.1 Å². The molecule has 1 N–H and O–H groups in total. The predicted octanol–water partition coefficient (Wildman–Crippen LogP) is 2.13. The minimum absolute atomic E-state index is 0. The molecule has 0 aromatic carbocycles. The number of hydrogen-bond acceptors (Lipinski definition) is 4. The molecule has 0 bridgehead atoms. The van der Waals surface area contributed by atoms with E-state index < -0.39 is 0 Å². The van der Waals surface area contributed by atoms with E-state index in [0.29, 0.717) is 18.4 Å². The number of amides is 1. The van der Waals surface area contributed by atoms with Gasteiger partial charge in [-0.05, 0) is 31.5 Å². The number of nitrogens with zero attached hydrogens (tertiary/aromatic N) is 3. The standard InChI is InChI=1S/C16H24N4O.3ClH/c21-16(12-14-5-3-7-17-14)20-10-8-19(9-11-20)13-15-4-1-2-6-18-15;;;/h1-2,4,6,14,17H,3,5,7-13H2;3*1H. The molecule has 3 heterocycles. The second-order valence-corrected chi connectivity index (χ2v) is 5.98. The summed E-state index contributed by atoms with van der Waals surface area (Å²) in [7, 11) is 0. The maximum absolute atomic E-state index is 12.3. The Kier molecular flexibility index (Phi) is 11.6. The van der Waals surface area contributed by atoms with Gasteiger partial charge in [-0.15, -0.1) is 37.2 Å². The molecule has 5 nitrogen and oxygen atoms in total. The van der Waals surface area contributed by atoms with Crippen molar-refractivity contribution in [3.63, 3.8) is 0 Å². The molecular formula is C16H27Cl3N4O. The van der Waals surface area contributed by atoms with Gasteiger partial charge in [-0.3, -0.25) is 14.7 Å². The minimum Gasteiger partial charge on any atom is -0.340 e. The van der Waals surface area contributed by atoms with Crippen LogP contribution in [0.1, 0.15) is 25.0 Å². The number of aromatic nitrogens is 1. The maximum Gasteiger partial charge on any atom is 0.224 e. The van der Waals surface area contributed by atoms with Crippen LogP contribution in [-0.4, -0.2) is 59.5 Å². The lowest BCUT2D eigenvalue weighted by Gasteiger charge is -2.35. The van der Waals surface area contributed by atoms with Crippen molar-refractivity contribution in [1.29, 1.82) is 0 Å². The molecule has 1 aromatic rings. The van der Waals surface area contributed by atoms with Crippen LogP contribution in [0, 0.1) is 0 Å². The van der Waals surface area contributed by atoms with E-state index in [1.807, 2.05) is 23.2 Å². The van der Waals surface area contributed by atoms with Crippen molar-refractivity contribution in [1.82, 2.24) is 20.1 Å². The lowest BCUT2D eigenvalue weighted by atomic mass is 10.1. The molecule has 1 aromatic heterocycles. The van der Waals surface area contributed by atoms with Gasteiger partial charge in [-0.1, -0.05) is 6.07 Å². The molecule has 2 aliphatic heterocycles. The van der Waals surface area contributed by atoms with E-state index in [-0.39, 0.29) is 37.2 Å². The van der Waals surface area contributed by atoms with Crippen LogP contribution in [-0.2, 0) is 11.3 Å². The van der Waals surface area contributed by atoms with E-state index in [0.717, 1.165) is 51.4 Å². The molecule has 0 spiro atoms. The van der Waals surface area contributed by atoms with Gasteiger partial charge in [0.05, 0.1) is 5.69 Å². The lowest BCUT2D eigenvalue weighted by Crippen LogP contribution is -2.49. The highest BCUT2D eigenvalue weighted by atomic mass is 35.5. The fraction of sp³-hybridized carbons (Fsp3) is 0.625. The zero-order valence-corrected chi connectivity index (χ0v) is 16.2. The summed E-state index contributed by atoms with van der Waals surface area (Å²) in [4.78, 5) is 21.0. The Balaban J connectivity index is 0.00000176. The summed E-state index contributed by atoms with van der Waals surface area (Å²) in [5, 5.41) is 3.40. The van der Waals surface area contributed by atoms with Gasteiger partial charge in [0.15, 0.2) is 0 Å². The summed E-state index contributed by atoms with van der Waals surface area (Å²) in [6.07, 6.45) is 4.85. The Bertz CT molecular complexity index is 464. The number of carbonyl (C=O) groups is 1. The molecule has 1 atom stereocenters. The lowest BCUT2D eigenvalue weighted by molar-refractivity contribution is -0.133. The van der Waals surface area contributed by atoms with Gasteiger partial charge in [0, 0.05) is 51.4 Å². The van der Waals surface area contributed by atoms with Crippen LogP contribution in [0.2, 0.25) is 0 Å². The average molecular weight is 398 g/mol. The Hall–Kier alpha value is -0.590. The van der Waals surface area contributed by atoms with Gasteiger partial charge in [-0.2, -0.15) is 0 Å². The number of carbonyl (C=O) groups excluding carboxylic acids is 1. The fourth-order valence-corrected chi connectivity index (χ4v) is 3.15. The number of nitrogens with one attached hydrogen (secondary N) is 1. The molecule has 2 aliphatic rings. The maximum atomic E-state index is 12.3. The molecule has 24 heavy (non-hydrogen) atoms. The van der Waals surface area contributed by atoms with Gasteiger partial charge < -0.3 is 10.2 Å². The van der Waals surface area contributed by atoms with Gasteiger partial charge in [0.2, 0.25) is 5.91 Å². The van der Waals surface area contributed by atoms with Crippen molar-refractivity contribution in [2.24, 2.45) is 0 Å². The first kappa shape index (κ1) is 23.4. The Morgan fingerprint density at radius 3 is 2.50 bits per heavy atom. The summed E-state index contributed by atoms with van der Waals surface area (Å²) in [6.45, 7) is 5.53. The molecule has 0 saturated carbocycles. The van der Waals surface area contributed by atoms with Crippen LogP contribution in [0.5, 0.6) is 0 Å². The zero-order chi connectivity index (χ0) is 14.5. The first-order valence-corrected chi connectivity index (χ1v) is 7.95. The largest absolute Gasteiger partial charge is 0.340 e. The van der Waals surface area contributed by atoms with Crippen LogP contribution in [0.25, 0.3) is 0 Å². The highest BCUT2D eigenvalue weighted by Gasteiger charge is 2.24. The third kappa shape index (κ3) is 6.73. The average Bonchev–Trinajstić information content (AvgIpc) is 3.02. The van der Waals surface area contributed by atoms with Gasteiger partial charge in [0.1, 0.15) is 0 Å². The summed E-state index contributed by atoms with van der Waals surface area (Å²) in [5.74, 6) is 0.312. The normalized spacial score (nSPS) is 20.5. The van der Waals surface area contributed by atoms with Gasteiger partial charge >= 0.3 is 0 Å². The second-order valence-electron chi connectivity index (χ2n) is 5.98. The molecular weight excluding hydrogens is 371 g/mol. The van der Waals surface area contributed by atoms with Crippen LogP contribution in [0.4, 0.5) is 0 Å². The van der Waals surface area contributed by atoms with Gasteiger partial charge in [0.25, 0.3) is 0 Å². The molecule has 1 unspecified atom stereocenters.